The first-order valence-electron chi connectivity index (χ1n) is 18.0. The van der Waals surface area contributed by atoms with Crippen LogP contribution in [0.5, 0.6) is 5.75 Å². The number of halogens is 1. The zero-order valence-electron chi connectivity index (χ0n) is 30.9. The van der Waals surface area contributed by atoms with E-state index in [0.29, 0.717) is 41.4 Å². The fourth-order valence-corrected chi connectivity index (χ4v) is 6.43. The highest BCUT2D eigenvalue weighted by molar-refractivity contribution is 8.76. The van der Waals surface area contributed by atoms with E-state index >= 15 is 0 Å². The summed E-state index contributed by atoms with van der Waals surface area (Å²) >= 11 is 5.92. The molecule has 0 atom stereocenters. The summed E-state index contributed by atoms with van der Waals surface area (Å²) in [7, 11) is 3.31. The zero-order valence-corrected chi connectivity index (χ0v) is 33.2. The molecule has 0 saturated heterocycles. The lowest BCUT2D eigenvalue weighted by Gasteiger charge is -2.25. The second-order valence-corrected chi connectivity index (χ2v) is 15.3. The van der Waals surface area contributed by atoms with Gasteiger partial charge >= 0.3 is 0 Å². The number of benzene rings is 2. The van der Waals surface area contributed by atoms with Crippen molar-refractivity contribution in [3.8, 4) is 5.75 Å². The Morgan fingerprint density at radius 3 is 1.60 bits per heavy atom. The van der Waals surface area contributed by atoms with E-state index in [1.807, 2.05) is 0 Å². The van der Waals surface area contributed by atoms with Crippen molar-refractivity contribution in [2.24, 2.45) is 0 Å². The Labute approximate surface area is 324 Å². The van der Waals surface area contributed by atoms with E-state index in [2.05, 4.69) is 90.5 Å². The third-order valence-electron chi connectivity index (χ3n) is 7.34. The van der Waals surface area contributed by atoms with Crippen LogP contribution in [0, 0.1) is 0 Å². The topological polar surface area (TPSA) is 84.5 Å². The summed E-state index contributed by atoms with van der Waals surface area (Å²) in [5.74, 6) is 1.73. The molecule has 9 heteroatoms. The van der Waals surface area contributed by atoms with E-state index in [4.69, 9.17) is 16.3 Å². The van der Waals surface area contributed by atoms with Gasteiger partial charge in [0.05, 0.1) is 0 Å². The van der Waals surface area contributed by atoms with Gasteiger partial charge in [-0.15, -0.1) is 0 Å². The molecule has 280 valence electrons. The average molecular weight is 764 g/mol. The van der Waals surface area contributed by atoms with Crippen molar-refractivity contribution >= 4 is 50.8 Å². The molecule has 0 fully saturated rings. The third-order valence-corrected chi connectivity index (χ3v) is 10.00. The molecule has 0 unspecified atom stereocenters. The first-order valence-corrected chi connectivity index (χ1v) is 20.9. The summed E-state index contributed by atoms with van der Waals surface area (Å²) in [6, 6.07) is 13.5. The lowest BCUT2D eigenvalue weighted by atomic mass is 10.0. The van der Waals surface area contributed by atoms with Crippen LogP contribution in [0.4, 0.5) is 0 Å². The second kappa shape index (κ2) is 27.9. The molecule has 0 heterocycles. The van der Waals surface area contributed by atoms with Gasteiger partial charge in [0.25, 0.3) is 5.91 Å². The van der Waals surface area contributed by atoms with Crippen LogP contribution >= 0.6 is 33.2 Å². The van der Waals surface area contributed by atoms with Crippen LogP contribution in [0.3, 0.4) is 0 Å². The highest BCUT2D eigenvalue weighted by Gasteiger charge is 2.29. The molecule has 0 radical (unpaired) electrons. The molecular formula is C43H55ClN2O4S2. The van der Waals surface area contributed by atoms with Crippen LogP contribution in [-0.2, 0) is 9.59 Å². The average Bonchev–Trinajstić information content (AvgIpc) is 3.13. The highest BCUT2D eigenvalue weighted by atomic mass is 35.5. The molecule has 0 bridgehead atoms. The molecule has 0 aliphatic heterocycles. The molecule has 2 aromatic carbocycles. The normalized spacial score (nSPS) is 12.3. The van der Waals surface area contributed by atoms with Gasteiger partial charge in [-0.2, -0.15) is 0 Å². The Bertz CT molecular complexity index is 1510. The smallest absolute Gasteiger partial charge is 0.263 e. The number of carbonyl (C=O) groups is 3. The van der Waals surface area contributed by atoms with Gasteiger partial charge in [0.15, 0.2) is 11.4 Å². The lowest BCUT2D eigenvalue weighted by Crippen LogP contribution is -2.47. The SMILES string of the molecule is CC/C=C\C/C=C\C/C=C\C/C=C\C/C=C\C/C=C\CCC(=O)NCCSSCCNC(=O)C(C)(C)Oc1ccc(C(=O)c2ccc(Cl)cc2)cc1. The van der Waals surface area contributed by atoms with Crippen LogP contribution in [0.2, 0.25) is 5.02 Å². The number of allylic oxidation sites excluding steroid dienone is 12. The Hall–Kier alpha value is -3.72. The first-order chi connectivity index (χ1) is 25.2. The van der Waals surface area contributed by atoms with E-state index in [1.54, 1.807) is 84.0 Å². The van der Waals surface area contributed by atoms with Crippen molar-refractivity contribution in [1.82, 2.24) is 10.6 Å². The summed E-state index contributed by atoms with van der Waals surface area (Å²) in [5.41, 5.74) is -0.0209. The molecule has 2 N–H and O–H groups in total. The fourth-order valence-electron chi connectivity index (χ4n) is 4.49. The first kappa shape index (κ1) is 44.4. The summed E-state index contributed by atoms with van der Waals surface area (Å²) in [6.07, 6.45) is 33.1. The standard InChI is InChI=1S/C43H55ClN2O4S2/c1-4-5-6-7-8-9-10-11-12-13-14-15-16-17-18-19-20-21-22-23-40(47)45-32-34-51-52-35-33-46-42(49)43(2,3)50-39-30-26-37(27-31-39)41(48)36-24-28-38(44)29-25-36/h5-6,8-9,11-12,14-15,17-18,20-21,24-31H,4,7,10,13,16,19,22-23,32-35H2,1-3H3,(H,45,47)(H,46,49)/b6-5-,9-8-,12-11-,15-14-,18-17-,21-20-. The molecule has 2 aromatic rings. The van der Waals surface area contributed by atoms with Gasteiger partial charge in [0.1, 0.15) is 5.75 Å². The molecule has 0 spiro atoms. The molecule has 6 nitrogen and oxygen atoms in total. The van der Waals surface area contributed by atoms with Crippen LogP contribution in [0.1, 0.15) is 88.1 Å². The molecule has 0 saturated carbocycles. The molecule has 0 aliphatic carbocycles. The molecule has 0 aromatic heterocycles. The fraction of sp³-hybridized carbons (Fsp3) is 0.372. The maximum absolute atomic E-state index is 12.8. The lowest BCUT2D eigenvalue weighted by molar-refractivity contribution is -0.134. The number of amides is 2. The summed E-state index contributed by atoms with van der Waals surface area (Å²) in [6.45, 7) is 6.67. The number of nitrogens with one attached hydrogen (secondary N) is 2. The van der Waals surface area contributed by atoms with Gasteiger partial charge < -0.3 is 15.4 Å². The number of rotatable bonds is 26. The summed E-state index contributed by atoms with van der Waals surface area (Å²) < 4.78 is 5.94. The number of ether oxygens (including phenoxy) is 1. The minimum absolute atomic E-state index is 0.0578. The Kier molecular flexibility index (Phi) is 23.8. The van der Waals surface area contributed by atoms with Crippen LogP contribution < -0.4 is 15.4 Å². The maximum Gasteiger partial charge on any atom is 0.263 e. The molecular weight excluding hydrogens is 708 g/mol. The van der Waals surface area contributed by atoms with Crippen molar-refractivity contribution in [3.63, 3.8) is 0 Å². The minimum Gasteiger partial charge on any atom is -0.478 e. The Morgan fingerprint density at radius 2 is 1.10 bits per heavy atom. The van der Waals surface area contributed by atoms with Crippen molar-refractivity contribution in [2.45, 2.75) is 77.7 Å². The molecule has 2 rings (SSSR count). The van der Waals surface area contributed by atoms with Gasteiger partial charge in [-0.05, 0) is 107 Å². The summed E-state index contributed by atoms with van der Waals surface area (Å²) in [4.78, 5) is 37.6. The van der Waals surface area contributed by atoms with Crippen molar-refractivity contribution in [3.05, 3.63) is 138 Å². The Balaban J connectivity index is 1.45. The van der Waals surface area contributed by atoms with E-state index in [0.717, 1.165) is 56.5 Å². The molecule has 0 aliphatic rings. The van der Waals surface area contributed by atoms with Crippen molar-refractivity contribution in [2.75, 3.05) is 24.6 Å². The predicted octanol–water partition coefficient (Wildman–Crippen LogP) is 10.8. The monoisotopic (exact) mass is 762 g/mol. The van der Waals surface area contributed by atoms with E-state index in [1.165, 1.54) is 0 Å². The quantitative estimate of drug-likeness (QED) is 0.0430. The van der Waals surface area contributed by atoms with Crippen molar-refractivity contribution in [1.29, 1.82) is 0 Å². The summed E-state index contributed by atoms with van der Waals surface area (Å²) in [5, 5.41) is 6.46. The number of hydrogen-bond acceptors (Lipinski definition) is 6. The van der Waals surface area contributed by atoms with Gasteiger partial charge in [-0.25, -0.2) is 0 Å². The van der Waals surface area contributed by atoms with Crippen LogP contribution in [0.25, 0.3) is 0 Å². The van der Waals surface area contributed by atoms with E-state index < -0.39 is 5.60 Å². The number of ketones is 1. The molecule has 2 amide bonds. The number of hydrogen-bond donors (Lipinski definition) is 2. The highest BCUT2D eigenvalue weighted by Crippen LogP contribution is 2.22. The van der Waals surface area contributed by atoms with Gasteiger partial charge in [-0.3, -0.25) is 14.4 Å². The number of carbonyl (C=O) groups excluding carboxylic acids is 3. The minimum atomic E-state index is -1.09. The van der Waals surface area contributed by atoms with Crippen LogP contribution in [-0.4, -0.2) is 47.8 Å². The molecule has 52 heavy (non-hydrogen) atoms. The largest absolute Gasteiger partial charge is 0.478 e. The zero-order chi connectivity index (χ0) is 37.7. The van der Waals surface area contributed by atoms with Crippen LogP contribution in [0.15, 0.2) is 121 Å². The maximum atomic E-state index is 12.8. The second-order valence-electron chi connectivity index (χ2n) is 12.2. The predicted molar refractivity (Wildman–Crippen MR) is 224 cm³/mol. The van der Waals surface area contributed by atoms with Gasteiger partial charge in [-0.1, -0.05) is 113 Å². The van der Waals surface area contributed by atoms with E-state index in [9.17, 15) is 14.4 Å². The third kappa shape index (κ3) is 21.0. The van der Waals surface area contributed by atoms with E-state index in [-0.39, 0.29) is 17.6 Å². The Morgan fingerprint density at radius 1 is 0.654 bits per heavy atom. The van der Waals surface area contributed by atoms with Gasteiger partial charge in [0, 0.05) is 47.2 Å². The van der Waals surface area contributed by atoms with Crippen molar-refractivity contribution < 1.29 is 19.1 Å². The van der Waals surface area contributed by atoms with Gasteiger partial charge in [0.2, 0.25) is 5.91 Å².